The van der Waals surface area contributed by atoms with Crippen LogP contribution in [-0.2, 0) is 11.2 Å². The van der Waals surface area contributed by atoms with Crippen LogP contribution >= 0.6 is 0 Å². The molecule has 1 N–H and O–H groups in total. The monoisotopic (exact) mass is 428 g/mol. The molecule has 1 atom stereocenters. The van der Waals surface area contributed by atoms with E-state index in [4.69, 9.17) is 18.9 Å². The molecule has 1 amide bonds. The SMILES string of the molecule is CCOc1ccc(NC(=O)CN2CCc3cc(OC)c(OC)cc3[C@H]2C)cc1OCC. The molecule has 168 valence electrons. The lowest BCUT2D eigenvalue weighted by Gasteiger charge is -2.35. The van der Waals surface area contributed by atoms with Gasteiger partial charge in [0, 0.05) is 24.3 Å². The van der Waals surface area contributed by atoms with Gasteiger partial charge >= 0.3 is 0 Å². The van der Waals surface area contributed by atoms with E-state index in [9.17, 15) is 4.79 Å². The lowest BCUT2D eigenvalue weighted by Crippen LogP contribution is -2.39. The summed E-state index contributed by atoms with van der Waals surface area (Å²) in [5, 5.41) is 2.98. The highest BCUT2D eigenvalue weighted by Gasteiger charge is 2.27. The Balaban J connectivity index is 1.69. The maximum absolute atomic E-state index is 12.8. The Morgan fingerprint density at radius 1 is 1.00 bits per heavy atom. The average molecular weight is 429 g/mol. The molecule has 0 unspecified atom stereocenters. The molecule has 2 aromatic carbocycles. The Hall–Kier alpha value is -2.93. The van der Waals surface area contributed by atoms with E-state index in [1.165, 1.54) is 5.56 Å². The van der Waals surface area contributed by atoms with Gasteiger partial charge < -0.3 is 24.3 Å². The molecule has 0 radical (unpaired) electrons. The summed E-state index contributed by atoms with van der Waals surface area (Å²) in [5.74, 6) is 2.68. The van der Waals surface area contributed by atoms with E-state index < -0.39 is 0 Å². The van der Waals surface area contributed by atoms with Gasteiger partial charge in [-0.3, -0.25) is 9.69 Å². The van der Waals surface area contributed by atoms with Crippen LogP contribution in [0.5, 0.6) is 23.0 Å². The van der Waals surface area contributed by atoms with Crippen molar-refractivity contribution in [2.45, 2.75) is 33.2 Å². The molecule has 1 aliphatic heterocycles. The smallest absolute Gasteiger partial charge is 0.238 e. The second-order valence-electron chi connectivity index (χ2n) is 7.38. The van der Waals surface area contributed by atoms with Gasteiger partial charge in [0.25, 0.3) is 0 Å². The average Bonchev–Trinajstić information content (AvgIpc) is 2.77. The number of methoxy groups -OCH3 is 2. The Morgan fingerprint density at radius 3 is 2.35 bits per heavy atom. The summed E-state index contributed by atoms with van der Waals surface area (Å²) in [6.07, 6.45) is 0.852. The Bertz CT molecular complexity index is 915. The molecule has 0 saturated heterocycles. The first kappa shape index (κ1) is 22.7. The number of carbonyl (C=O) groups is 1. The highest BCUT2D eigenvalue weighted by molar-refractivity contribution is 5.92. The number of hydrogen-bond donors (Lipinski definition) is 1. The first-order valence-electron chi connectivity index (χ1n) is 10.7. The molecule has 0 aliphatic carbocycles. The number of hydrogen-bond acceptors (Lipinski definition) is 6. The van der Waals surface area contributed by atoms with Crippen LogP contribution in [0.4, 0.5) is 5.69 Å². The minimum Gasteiger partial charge on any atom is -0.493 e. The topological polar surface area (TPSA) is 69.3 Å². The Labute approximate surface area is 184 Å². The lowest BCUT2D eigenvalue weighted by molar-refractivity contribution is -0.117. The van der Waals surface area contributed by atoms with Crippen LogP contribution in [0.1, 0.15) is 37.9 Å². The molecule has 0 bridgehead atoms. The number of benzene rings is 2. The molecular weight excluding hydrogens is 396 g/mol. The van der Waals surface area contributed by atoms with E-state index in [-0.39, 0.29) is 11.9 Å². The van der Waals surface area contributed by atoms with Crippen molar-refractivity contribution in [3.8, 4) is 23.0 Å². The lowest BCUT2D eigenvalue weighted by atomic mass is 9.93. The van der Waals surface area contributed by atoms with E-state index in [0.717, 1.165) is 24.3 Å². The van der Waals surface area contributed by atoms with Gasteiger partial charge in [0.1, 0.15) is 0 Å². The Morgan fingerprint density at radius 2 is 1.68 bits per heavy atom. The quantitative estimate of drug-likeness (QED) is 0.650. The Kier molecular flexibility index (Phi) is 7.63. The fraction of sp³-hybridized carbons (Fsp3) is 0.458. The molecule has 1 aliphatic rings. The van der Waals surface area contributed by atoms with Crippen molar-refractivity contribution in [1.29, 1.82) is 0 Å². The van der Waals surface area contributed by atoms with Crippen molar-refractivity contribution in [3.05, 3.63) is 41.5 Å². The molecule has 1 heterocycles. The number of fused-ring (bicyclic) bond motifs is 1. The van der Waals surface area contributed by atoms with Crippen molar-refractivity contribution in [1.82, 2.24) is 4.90 Å². The number of nitrogens with zero attached hydrogens (tertiary/aromatic N) is 1. The van der Waals surface area contributed by atoms with Crippen LogP contribution in [0, 0.1) is 0 Å². The van der Waals surface area contributed by atoms with Crippen molar-refractivity contribution < 1.29 is 23.7 Å². The first-order chi connectivity index (χ1) is 15.0. The fourth-order valence-corrected chi connectivity index (χ4v) is 3.93. The molecule has 7 heteroatoms. The second kappa shape index (κ2) is 10.4. The fourth-order valence-electron chi connectivity index (χ4n) is 3.93. The largest absolute Gasteiger partial charge is 0.493 e. The zero-order chi connectivity index (χ0) is 22.4. The van der Waals surface area contributed by atoms with Crippen LogP contribution < -0.4 is 24.3 Å². The summed E-state index contributed by atoms with van der Waals surface area (Å²) in [7, 11) is 3.28. The molecule has 31 heavy (non-hydrogen) atoms. The van der Waals surface area contributed by atoms with Crippen molar-refractivity contribution in [2.75, 3.05) is 45.8 Å². The third kappa shape index (κ3) is 5.22. The van der Waals surface area contributed by atoms with Crippen LogP contribution in [0.15, 0.2) is 30.3 Å². The minimum atomic E-state index is -0.0672. The number of amides is 1. The minimum absolute atomic E-state index is 0.0672. The van der Waals surface area contributed by atoms with E-state index in [0.29, 0.717) is 42.7 Å². The predicted molar refractivity (Wildman–Crippen MR) is 121 cm³/mol. The molecule has 0 saturated carbocycles. The number of ether oxygens (including phenoxy) is 4. The number of rotatable bonds is 9. The maximum Gasteiger partial charge on any atom is 0.238 e. The summed E-state index contributed by atoms with van der Waals surface area (Å²) in [5.41, 5.74) is 3.08. The zero-order valence-electron chi connectivity index (χ0n) is 19.0. The van der Waals surface area contributed by atoms with Crippen LogP contribution in [0.2, 0.25) is 0 Å². The molecule has 7 nitrogen and oxygen atoms in total. The maximum atomic E-state index is 12.8. The van der Waals surface area contributed by atoms with E-state index >= 15 is 0 Å². The molecular formula is C24H32N2O5. The third-order valence-electron chi connectivity index (χ3n) is 5.49. The van der Waals surface area contributed by atoms with Crippen molar-refractivity contribution in [2.24, 2.45) is 0 Å². The zero-order valence-corrected chi connectivity index (χ0v) is 19.0. The predicted octanol–water partition coefficient (Wildman–Crippen LogP) is 4.06. The van der Waals surface area contributed by atoms with E-state index in [1.54, 1.807) is 20.3 Å². The van der Waals surface area contributed by atoms with E-state index in [1.807, 2.05) is 38.1 Å². The number of nitrogens with one attached hydrogen (secondary N) is 1. The normalized spacial score (nSPS) is 15.7. The summed E-state index contributed by atoms with van der Waals surface area (Å²) >= 11 is 0. The van der Waals surface area contributed by atoms with Crippen molar-refractivity contribution >= 4 is 11.6 Å². The molecule has 3 rings (SSSR count). The van der Waals surface area contributed by atoms with Gasteiger partial charge in [0.15, 0.2) is 23.0 Å². The van der Waals surface area contributed by atoms with Crippen LogP contribution in [0.3, 0.4) is 0 Å². The molecule has 0 spiro atoms. The van der Waals surface area contributed by atoms with Gasteiger partial charge in [-0.25, -0.2) is 0 Å². The van der Waals surface area contributed by atoms with Gasteiger partial charge in [-0.2, -0.15) is 0 Å². The highest BCUT2D eigenvalue weighted by atomic mass is 16.5. The van der Waals surface area contributed by atoms with Gasteiger partial charge in [0.05, 0.1) is 34.0 Å². The van der Waals surface area contributed by atoms with Gasteiger partial charge in [-0.05, 0) is 62.6 Å². The van der Waals surface area contributed by atoms with Crippen LogP contribution in [0.25, 0.3) is 0 Å². The summed E-state index contributed by atoms with van der Waals surface area (Å²) in [4.78, 5) is 14.9. The molecule has 0 aromatic heterocycles. The van der Waals surface area contributed by atoms with E-state index in [2.05, 4.69) is 17.1 Å². The highest BCUT2D eigenvalue weighted by Crippen LogP contribution is 2.38. The number of carbonyl (C=O) groups excluding carboxylic acids is 1. The van der Waals surface area contributed by atoms with Gasteiger partial charge in [-0.15, -0.1) is 0 Å². The summed E-state index contributed by atoms with van der Waals surface area (Å²) < 4.78 is 22.1. The standard InChI is InChI=1S/C24H32N2O5/c1-6-30-20-9-8-18(13-23(20)31-7-2)25-24(27)15-26-11-10-17-12-21(28-4)22(29-5)14-19(17)16(26)3/h8-9,12-14,16H,6-7,10-11,15H2,1-5H3,(H,25,27)/t16-/m1/s1. The van der Waals surface area contributed by atoms with Gasteiger partial charge in [0.2, 0.25) is 5.91 Å². The first-order valence-corrected chi connectivity index (χ1v) is 10.7. The number of anilines is 1. The molecule has 2 aromatic rings. The molecule has 0 fully saturated rings. The van der Waals surface area contributed by atoms with Crippen molar-refractivity contribution in [3.63, 3.8) is 0 Å². The van der Waals surface area contributed by atoms with Gasteiger partial charge in [-0.1, -0.05) is 0 Å². The summed E-state index contributed by atoms with van der Waals surface area (Å²) in [6, 6.07) is 9.61. The second-order valence-corrected chi connectivity index (χ2v) is 7.38. The van der Waals surface area contributed by atoms with Crippen LogP contribution in [-0.4, -0.2) is 51.3 Å². The summed E-state index contributed by atoms with van der Waals surface area (Å²) in [6.45, 7) is 8.13. The third-order valence-corrected chi connectivity index (χ3v) is 5.49.